The number of aldehydes is 1. The van der Waals surface area contributed by atoms with Crippen LogP contribution in [0.1, 0.15) is 10.4 Å². The van der Waals surface area contributed by atoms with Crippen LogP contribution in [-0.4, -0.2) is 18.4 Å². The zero-order chi connectivity index (χ0) is 11.8. The molecular weight excluding hydrogens is 214 g/mol. The van der Waals surface area contributed by atoms with Crippen LogP contribution >= 0.6 is 0 Å². The Balaban J connectivity index is 2.36. The maximum atomic E-state index is 10.7. The number of H-pyrrole nitrogens is 1. The second-order valence-electron chi connectivity index (χ2n) is 3.96. The van der Waals surface area contributed by atoms with Gasteiger partial charge in [-0.1, -0.05) is 12.1 Å². The molecule has 0 aliphatic carbocycles. The van der Waals surface area contributed by atoms with Crippen LogP contribution in [-0.2, 0) is 0 Å². The molecule has 84 valence electrons. The minimum Gasteiger partial charge on any atom is -0.497 e. The van der Waals surface area contributed by atoms with Gasteiger partial charge in [-0.3, -0.25) is 4.79 Å². The number of rotatable bonds is 2. The van der Waals surface area contributed by atoms with Crippen molar-refractivity contribution in [2.45, 2.75) is 0 Å². The summed E-state index contributed by atoms with van der Waals surface area (Å²) in [5, 5.41) is 2.26. The van der Waals surface area contributed by atoms with Gasteiger partial charge in [0.25, 0.3) is 0 Å². The number of nitrogens with one attached hydrogen (secondary N) is 1. The van der Waals surface area contributed by atoms with Crippen molar-refractivity contribution in [3.8, 4) is 5.75 Å². The summed E-state index contributed by atoms with van der Waals surface area (Å²) in [6.45, 7) is 0. The topological polar surface area (TPSA) is 42.1 Å². The predicted octanol–water partition coefficient (Wildman–Crippen LogP) is 3.14. The van der Waals surface area contributed by atoms with E-state index in [4.69, 9.17) is 4.74 Å². The highest BCUT2D eigenvalue weighted by molar-refractivity contribution is 6.08. The van der Waals surface area contributed by atoms with E-state index >= 15 is 0 Å². The average molecular weight is 225 g/mol. The fourth-order valence-corrected chi connectivity index (χ4v) is 2.11. The minimum absolute atomic E-state index is 0.677. The van der Waals surface area contributed by atoms with E-state index in [0.717, 1.165) is 33.8 Å². The van der Waals surface area contributed by atoms with Crippen molar-refractivity contribution in [2.75, 3.05) is 7.11 Å². The first kappa shape index (κ1) is 9.90. The van der Waals surface area contributed by atoms with Gasteiger partial charge in [-0.05, 0) is 18.2 Å². The Morgan fingerprint density at radius 3 is 2.47 bits per heavy atom. The Kier molecular flexibility index (Phi) is 2.11. The molecule has 3 nitrogen and oxygen atoms in total. The fourth-order valence-electron chi connectivity index (χ4n) is 2.11. The van der Waals surface area contributed by atoms with Gasteiger partial charge in [0, 0.05) is 27.9 Å². The van der Waals surface area contributed by atoms with E-state index in [-0.39, 0.29) is 0 Å². The molecule has 3 aromatic rings. The molecule has 1 aromatic heterocycles. The van der Waals surface area contributed by atoms with Gasteiger partial charge in [-0.2, -0.15) is 0 Å². The summed E-state index contributed by atoms with van der Waals surface area (Å²) in [5.41, 5.74) is 2.66. The number of carbonyl (C=O) groups is 1. The molecule has 3 rings (SSSR count). The molecule has 0 fully saturated rings. The number of aromatic amines is 1. The summed E-state index contributed by atoms with van der Waals surface area (Å²) in [4.78, 5) is 14.0. The summed E-state index contributed by atoms with van der Waals surface area (Å²) >= 11 is 0. The SMILES string of the molecule is COc1ccc2c(c1)[nH]c1cc(C=O)ccc12. The van der Waals surface area contributed by atoms with Crippen LogP contribution in [0.3, 0.4) is 0 Å². The third kappa shape index (κ3) is 1.47. The first-order valence-electron chi connectivity index (χ1n) is 5.36. The van der Waals surface area contributed by atoms with Crippen LogP contribution < -0.4 is 4.74 Å². The molecule has 2 aromatic carbocycles. The Labute approximate surface area is 98.0 Å². The Bertz CT molecular complexity index is 713. The molecular formula is C14H11NO2. The number of ether oxygens (including phenoxy) is 1. The van der Waals surface area contributed by atoms with Gasteiger partial charge >= 0.3 is 0 Å². The second-order valence-corrected chi connectivity index (χ2v) is 3.96. The summed E-state index contributed by atoms with van der Waals surface area (Å²) in [6.07, 6.45) is 0.853. The molecule has 0 spiro atoms. The molecule has 0 unspecified atom stereocenters. The van der Waals surface area contributed by atoms with Crippen LogP contribution in [0.4, 0.5) is 0 Å². The van der Waals surface area contributed by atoms with E-state index in [1.54, 1.807) is 7.11 Å². The van der Waals surface area contributed by atoms with E-state index in [0.29, 0.717) is 5.56 Å². The normalized spacial score (nSPS) is 10.9. The lowest BCUT2D eigenvalue weighted by Crippen LogP contribution is -1.80. The van der Waals surface area contributed by atoms with Gasteiger partial charge in [0.05, 0.1) is 12.6 Å². The Hall–Kier alpha value is -2.29. The van der Waals surface area contributed by atoms with Gasteiger partial charge < -0.3 is 9.72 Å². The van der Waals surface area contributed by atoms with Crippen molar-refractivity contribution in [2.24, 2.45) is 0 Å². The summed E-state index contributed by atoms with van der Waals surface area (Å²) in [6, 6.07) is 11.6. The monoisotopic (exact) mass is 225 g/mol. The first-order chi connectivity index (χ1) is 8.31. The number of carbonyl (C=O) groups excluding carboxylic acids is 1. The van der Waals surface area contributed by atoms with E-state index in [2.05, 4.69) is 4.98 Å². The number of benzene rings is 2. The maximum Gasteiger partial charge on any atom is 0.150 e. The zero-order valence-corrected chi connectivity index (χ0v) is 9.36. The minimum atomic E-state index is 0.677. The highest BCUT2D eigenvalue weighted by Gasteiger charge is 2.05. The van der Waals surface area contributed by atoms with Gasteiger partial charge in [-0.15, -0.1) is 0 Å². The van der Waals surface area contributed by atoms with E-state index in [1.807, 2.05) is 36.4 Å². The molecule has 0 aliphatic heterocycles. The van der Waals surface area contributed by atoms with E-state index in [9.17, 15) is 4.79 Å². The lowest BCUT2D eigenvalue weighted by molar-refractivity contribution is 0.112. The standard InChI is InChI=1S/C14H11NO2/c1-17-10-3-5-12-11-4-2-9(8-16)6-13(11)15-14(12)7-10/h2-8,15H,1H3. The zero-order valence-electron chi connectivity index (χ0n) is 9.36. The lowest BCUT2D eigenvalue weighted by atomic mass is 10.1. The first-order valence-corrected chi connectivity index (χ1v) is 5.36. The maximum absolute atomic E-state index is 10.7. The molecule has 0 saturated carbocycles. The van der Waals surface area contributed by atoms with E-state index in [1.165, 1.54) is 0 Å². The predicted molar refractivity (Wildman–Crippen MR) is 67.7 cm³/mol. The van der Waals surface area contributed by atoms with Crippen LogP contribution in [0.2, 0.25) is 0 Å². The van der Waals surface area contributed by atoms with Gasteiger partial charge in [0.15, 0.2) is 0 Å². The molecule has 0 bridgehead atoms. The number of methoxy groups -OCH3 is 1. The molecule has 0 amide bonds. The molecule has 0 saturated heterocycles. The third-order valence-electron chi connectivity index (χ3n) is 2.97. The van der Waals surface area contributed by atoms with Crippen molar-refractivity contribution >= 4 is 28.1 Å². The smallest absolute Gasteiger partial charge is 0.150 e. The number of fused-ring (bicyclic) bond motifs is 3. The summed E-state index contributed by atoms with van der Waals surface area (Å²) < 4.78 is 5.19. The fraction of sp³-hybridized carbons (Fsp3) is 0.0714. The molecule has 1 N–H and O–H groups in total. The molecule has 0 radical (unpaired) electrons. The number of aromatic nitrogens is 1. The Morgan fingerprint density at radius 2 is 1.76 bits per heavy atom. The molecule has 1 heterocycles. The van der Waals surface area contributed by atoms with Crippen molar-refractivity contribution in [1.82, 2.24) is 4.98 Å². The second kappa shape index (κ2) is 3.63. The molecule has 17 heavy (non-hydrogen) atoms. The quantitative estimate of drug-likeness (QED) is 0.681. The van der Waals surface area contributed by atoms with Crippen molar-refractivity contribution in [3.63, 3.8) is 0 Å². The van der Waals surface area contributed by atoms with Crippen LogP contribution in [0, 0.1) is 0 Å². The molecule has 3 heteroatoms. The van der Waals surface area contributed by atoms with Crippen LogP contribution in [0.5, 0.6) is 5.75 Å². The van der Waals surface area contributed by atoms with E-state index < -0.39 is 0 Å². The van der Waals surface area contributed by atoms with Crippen molar-refractivity contribution < 1.29 is 9.53 Å². The summed E-state index contributed by atoms with van der Waals surface area (Å²) in [7, 11) is 1.65. The van der Waals surface area contributed by atoms with Crippen LogP contribution in [0.25, 0.3) is 21.8 Å². The molecule has 0 atom stereocenters. The van der Waals surface area contributed by atoms with Gasteiger partial charge in [-0.25, -0.2) is 0 Å². The largest absolute Gasteiger partial charge is 0.497 e. The highest BCUT2D eigenvalue weighted by Crippen LogP contribution is 2.28. The van der Waals surface area contributed by atoms with Crippen LogP contribution in [0.15, 0.2) is 36.4 Å². The van der Waals surface area contributed by atoms with Crippen molar-refractivity contribution in [3.05, 3.63) is 42.0 Å². The van der Waals surface area contributed by atoms with Gasteiger partial charge in [0.2, 0.25) is 0 Å². The highest BCUT2D eigenvalue weighted by atomic mass is 16.5. The third-order valence-corrected chi connectivity index (χ3v) is 2.97. The number of hydrogen-bond acceptors (Lipinski definition) is 2. The number of hydrogen-bond donors (Lipinski definition) is 1. The Morgan fingerprint density at radius 1 is 1.06 bits per heavy atom. The van der Waals surface area contributed by atoms with Gasteiger partial charge in [0.1, 0.15) is 12.0 Å². The average Bonchev–Trinajstić information content (AvgIpc) is 2.74. The summed E-state index contributed by atoms with van der Waals surface area (Å²) in [5.74, 6) is 0.819. The lowest BCUT2D eigenvalue weighted by Gasteiger charge is -1.98. The molecule has 0 aliphatic rings. The van der Waals surface area contributed by atoms with Crippen molar-refractivity contribution in [1.29, 1.82) is 0 Å².